The Morgan fingerprint density at radius 1 is 0.426 bits per heavy atom. The van der Waals surface area contributed by atoms with Crippen molar-refractivity contribution < 1.29 is 29.5 Å². The van der Waals surface area contributed by atoms with E-state index in [9.17, 15) is 15.3 Å². The number of methoxy groups -OCH3 is 3. The Kier molecular flexibility index (Phi) is 13.9. The molecule has 0 atom stereocenters. The van der Waals surface area contributed by atoms with Gasteiger partial charge in [-0.1, -0.05) is 36.4 Å². The molecule has 0 spiro atoms. The van der Waals surface area contributed by atoms with Gasteiger partial charge < -0.3 is 29.5 Å². The Morgan fingerprint density at radius 2 is 0.685 bits per heavy atom. The van der Waals surface area contributed by atoms with Gasteiger partial charge >= 0.3 is 0 Å². The summed E-state index contributed by atoms with van der Waals surface area (Å²) in [6.07, 6.45) is 11.6. The highest BCUT2D eigenvalue weighted by Crippen LogP contribution is 2.29. The van der Waals surface area contributed by atoms with Crippen molar-refractivity contribution >= 4 is 36.5 Å². The molecule has 282 valence electrons. The van der Waals surface area contributed by atoms with Gasteiger partial charge in [0.1, 0.15) is 0 Å². The lowest BCUT2D eigenvalue weighted by Crippen LogP contribution is -1.84. The number of aromatic hydroxyl groups is 3. The van der Waals surface area contributed by atoms with Gasteiger partial charge in [-0.15, -0.1) is 0 Å². The highest BCUT2D eigenvalue weighted by atomic mass is 16.5. The Morgan fingerprint density at radius 3 is 0.889 bits per heavy atom. The molecule has 3 heterocycles. The van der Waals surface area contributed by atoms with Gasteiger partial charge in [-0.3, -0.25) is 15.3 Å². The highest BCUT2D eigenvalue weighted by molar-refractivity contribution is 5.72. The molecule has 0 bridgehead atoms. The van der Waals surface area contributed by atoms with E-state index in [2.05, 4.69) is 30.6 Å². The molecule has 3 aromatic heterocycles. The normalized spacial score (nSPS) is 11.1. The molecule has 0 fully saturated rings. The molecule has 0 aliphatic rings. The molecular weight excluding hydrogens is 684 g/mol. The van der Waals surface area contributed by atoms with E-state index in [1.165, 1.54) is 21.3 Å². The van der Waals surface area contributed by atoms with Crippen LogP contribution in [0.2, 0.25) is 0 Å². The average Bonchev–Trinajstić information content (AvgIpc) is 3.80. The van der Waals surface area contributed by atoms with Crippen molar-refractivity contribution in [2.45, 2.75) is 41.5 Å². The molecule has 6 rings (SSSR count). The Bertz CT molecular complexity index is 2010. The van der Waals surface area contributed by atoms with Crippen LogP contribution in [0.15, 0.2) is 54.6 Å². The summed E-state index contributed by atoms with van der Waals surface area (Å²) in [4.78, 5) is 0. The van der Waals surface area contributed by atoms with Gasteiger partial charge in [-0.2, -0.15) is 15.3 Å². The van der Waals surface area contributed by atoms with Gasteiger partial charge in [0.05, 0.1) is 38.4 Å². The second kappa shape index (κ2) is 18.7. The number of phenols is 3. The molecule has 0 aliphatic heterocycles. The quantitative estimate of drug-likeness (QED) is 0.0849. The van der Waals surface area contributed by atoms with Gasteiger partial charge in [-0.05, 0) is 130 Å². The zero-order chi connectivity index (χ0) is 39.4. The van der Waals surface area contributed by atoms with Gasteiger partial charge in [0.15, 0.2) is 34.5 Å². The van der Waals surface area contributed by atoms with Crippen molar-refractivity contribution in [1.29, 1.82) is 0 Å². The predicted octanol–water partition coefficient (Wildman–Crippen LogP) is 8.73. The van der Waals surface area contributed by atoms with Gasteiger partial charge in [-0.25, -0.2) is 0 Å². The molecule has 0 radical (unpaired) electrons. The fourth-order valence-corrected chi connectivity index (χ4v) is 4.92. The first-order valence-corrected chi connectivity index (χ1v) is 17.0. The molecule has 0 aliphatic carbocycles. The standard InChI is InChI=1S/3C14H16N2O2/c3*1-9-10(2)15-16-12(9)6-4-11-5-7-13(17)14(8-11)18-3/h3*4-8,17H,1-3H3,(H,15,16)/b3*6-4+. The number of rotatable bonds is 9. The summed E-state index contributed by atoms with van der Waals surface area (Å²) >= 11 is 0. The first kappa shape index (κ1) is 40.1. The van der Waals surface area contributed by atoms with E-state index in [-0.39, 0.29) is 17.2 Å². The van der Waals surface area contributed by atoms with E-state index in [4.69, 9.17) is 14.2 Å². The van der Waals surface area contributed by atoms with Crippen LogP contribution in [0, 0.1) is 41.5 Å². The first-order valence-electron chi connectivity index (χ1n) is 17.0. The van der Waals surface area contributed by atoms with Gasteiger partial charge in [0.25, 0.3) is 0 Å². The van der Waals surface area contributed by atoms with E-state index in [1.807, 2.05) is 96.2 Å². The van der Waals surface area contributed by atoms with Gasteiger partial charge in [0.2, 0.25) is 0 Å². The van der Waals surface area contributed by atoms with Crippen molar-refractivity contribution in [2.24, 2.45) is 0 Å². The van der Waals surface area contributed by atoms with Crippen molar-refractivity contribution in [3.63, 3.8) is 0 Å². The van der Waals surface area contributed by atoms with Crippen molar-refractivity contribution in [2.75, 3.05) is 21.3 Å². The lowest BCUT2D eigenvalue weighted by Gasteiger charge is -2.03. The monoisotopic (exact) mass is 732 g/mol. The van der Waals surface area contributed by atoms with Crippen molar-refractivity contribution in [3.8, 4) is 34.5 Å². The van der Waals surface area contributed by atoms with Gasteiger partial charge in [0, 0.05) is 17.1 Å². The predicted molar refractivity (Wildman–Crippen MR) is 215 cm³/mol. The molecule has 6 N–H and O–H groups in total. The van der Waals surface area contributed by atoms with Crippen LogP contribution < -0.4 is 14.2 Å². The van der Waals surface area contributed by atoms with E-state index >= 15 is 0 Å². The lowest BCUT2D eigenvalue weighted by molar-refractivity contribution is 0.373. The zero-order valence-corrected chi connectivity index (χ0v) is 32.1. The number of H-pyrrole nitrogens is 3. The number of phenolic OH excluding ortho intramolecular Hbond substituents is 3. The maximum absolute atomic E-state index is 9.50. The third-order valence-electron chi connectivity index (χ3n) is 8.78. The average molecular weight is 733 g/mol. The van der Waals surface area contributed by atoms with Crippen LogP contribution in [0.1, 0.15) is 67.5 Å². The summed E-state index contributed by atoms with van der Waals surface area (Å²) in [5.41, 5.74) is 12.2. The lowest BCUT2D eigenvalue weighted by atomic mass is 10.1. The number of benzene rings is 3. The fraction of sp³-hybridized carbons (Fsp3) is 0.214. The van der Waals surface area contributed by atoms with Crippen LogP contribution in [0.4, 0.5) is 0 Å². The van der Waals surface area contributed by atoms with Crippen LogP contribution in [0.25, 0.3) is 36.5 Å². The molecule has 12 nitrogen and oxygen atoms in total. The molecule has 6 aromatic rings. The minimum Gasteiger partial charge on any atom is -0.504 e. The van der Waals surface area contributed by atoms with E-state index in [0.29, 0.717) is 17.2 Å². The maximum atomic E-state index is 9.50. The number of nitrogens with one attached hydrogen (secondary N) is 3. The van der Waals surface area contributed by atoms with Crippen LogP contribution in [0.5, 0.6) is 34.5 Å². The second-order valence-corrected chi connectivity index (χ2v) is 12.4. The summed E-state index contributed by atoms with van der Waals surface area (Å²) < 4.78 is 15.2. The molecular formula is C42H48N6O6. The Balaban J connectivity index is 0.000000180. The molecule has 0 unspecified atom stereocenters. The minimum absolute atomic E-state index is 0.140. The van der Waals surface area contributed by atoms with Crippen molar-refractivity contribution in [1.82, 2.24) is 30.6 Å². The summed E-state index contributed by atoms with van der Waals surface area (Å²) in [7, 11) is 4.59. The molecule has 3 aromatic carbocycles. The SMILES string of the molecule is COc1cc(/C=C/c2n[nH]c(C)c2C)ccc1O.COc1cc(/C=C/c2n[nH]c(C)c2C)ccc1O.COc1cc(/C=C/c2n[nH]c(C)c2C)ccc1O. The van der Waals surface area contributed by atoms with E-state index < -0.39 is 0 Å². The summed E-state index contributed by atoms with van der Waals surface area (Å²) in [5.74, 6) is 1.82. The molecule has 0 saturated heterocycles. The number of aromatic nitrogens is 6. The summed E-state index contributed by atoms with van der Waals surface area (Å²) in [6, 6.07) is 15.6. The number of aryl methyl sites for hydroxylation is 3. The summed E-state index contributed by atoms with van der Waals surface area (Å²) in [5, 5.41) is 49.9. The molecule has 54 heavy (non-hydrogen) atoms. The fourth-order valence-electron chi connectivity index (χ4n) is 4.92. The third-order valence-corrected chi connectivity index (χ3v) is 8.78. The summed E-state index contributed by atoms with van der Waals surface area (Å²) in [6.45, 7) is 12.0. The largest absolute Gasteiger partial charge is 0.504 e. The molecule has 0 saturated carbocycles. The first-order chi connectivity index (χ1) is 25.8. The third kappa shape index (κ3) is 10.4. The minimum atomic E-state index is 0.140. The van der Waals surface area contributed by atoms with Crippen LogP contribution >= 0.6 is 0 Å². The van der Waals surface area contributed by atoms with Crippen LogP contribution in [0.3, 0.4) is 0 Å². The second-order valence-electron chi connectivity index (χ2n) is 12.4. The Hall–Kier alpha value is -6.69. The Labute approximate surface area is 315 Å². The highest BCUT2D eigenvalue weighted by Gasteiger charge is 2.06. The molecule has 0 amide bonds. The number of hydrogen-bond acceptors (Lipinski definition) is 9. The van der Waals surface area contributed by atoms with Crippen molar-refractivity contribution in [3.05, 3.63) is 122 Å². The number of aromatic amines is 3. The topological polar surface area (TPSA) is 174 Å². The van der Waals surface area contributed by atoms with Crippen LogP contribution in [-0.4, -0.2) is 67.2 Å². The smallest absolute Gasteiger partial charge is 0.161 e. The number of hydrogen-bond donors (Lipinski definition) is 6. The zero-order valence-electron chi connectivity index (χ0n) is 32.1. The maximum Gasteiger partial charge on any atom is 0.161 e. The van der Waals surface area contributed by atoms with E-state index in [1.54, 1.807) is 36.4 Å². The number of ether oxygens (including phenoxy) is 3. The molecule has 12 heteroatoms. The number of nitrogens with zero attached hydrogens (tertiary/aromatic N) is 3. The van der Waals surface area contributed by atoms with E-state index in [0.717, 1.165) is 67.5 Å². The van der Waals surface area contributed by atoms with Crippen LogP contribution in [-0.2, 0) is 0 Å².